The third kappa shape index (κ3) is 4.82. The van der Waals surface area contributed by atoms with E-state index in [1.165, 1.54) is 23.1 Å². The minimum Gasteiger partial charge on any atom is -0.361 e. The van der Waals surface area contributed by atoms with Crippen LogP contribution in [0.25, 0.3) is 10.9 Å². The van der Waals surface area contributed by atoms with Crippen LogP contribution in [0.5, 0.6) is 0 Å². The van der Waals surface area contributed by atoms with Gasteiger partial charge in [-0.05, 0) is 36.4 Å². The molecule has 1 N–H and O–H groups in total. The fraction of sp³-hybridized carbons (Fsp3) is 0.192. The molecule has 2 aromatic heterocycles. The lowest BCUT2D eigenvalue weighted by molar-refractivity contribution is -0.138. The van der Waals surface area contributed by atoms with Crippen molar-refractivity contribution < 1.29 is 18.0 Å². The van der Waals surface area contributed by atoms with Gasteiger partial charge in [0.1, 0.15) is 0 Å². The fourth-order valence-electron chi connectivity index (χ4n) is 4.02. The van der Waals surface area contributed by atoms with Crippen molar-refractivity contribution in [1.29, 1.82) is 0 Å². The lowest BCUT2D eigenvalue weighted by atomic mass is 10.1. The van der Waals surface area contributed by atoms with E-state index in [-0.39, 0.29) is 18.7 Å². The van der Waals surface area contributed by atoms with Gasteiger partial charge in [-0.15, -0.1) is 0 Å². The number of rotatable bonds is 2. The predicted octanol–water partition coefficient (Wildman–Crippen LogP) is 4.34. The molecule has 0 aliphatic carbocycles. The Morgan fingerprint density at radius 1 is 0.914 bits per heavy atom. The molecule has 3 heterocycles. The van der Waals surface area contributed by atoms with Gasteiger partial charge in [-0.3, -0.25) is 4.79 Å². The molecule has 176 valence electrons. The van der Waals surface area contributed by atoms with Crippen LogP contribution in [0.3, 0.4) is 0 Å². The molecule has 0 spiro atoms. The second-order valence-electron chi connectivity index (χ2n) is 8.12. The molecular formula is C26H20F3N5O. The SMILES string of the molecule is O=C(c1ccccc1C(F)(F)F)N1CCN(c2ncc(C#Cc3ccc4[nH]ccc4c3)cn2)CC1. The Balaban J connectivity index is 1.22. The van der Waals surface area contributed by atoms with Crippen molar-refractivity contribution in [3.05, 3.63) is 89.4 Å². The quantitative estimate of drug-likeness (QED) is 0.438. The number of fused-ring (bicyclic) bond motifs is 1. The summed E-state index contributed by atoms with van der Waals surface area (Å²) in [5.41, 5.74) is 1.35. The normalized spacial score (nSPS) is 14.0. The Hall–Kier alpha value is -4.32. The number of anilines is 1. The van der Waals surface area contributed by atoms with E-state index in [2.05, 4.69) is 26.8 Å². The van der Waals surface area contributed by atoms with E-state index in [4.69, 9.17) is 0 Å². The highest BCUT2D eigenvalue weighted by molar-refractivity contribution is 5.96. The van der Waals surface area contributed by atoms with Crippen molar-refractivity contribution in [1.82, 2.24) is 19.9 Å². The van der Waals surface area contributed by atoms with Crippen LogP contribution in [0.15, 0.2) is 67.1 Å². The van der Waals surface area contributed by atoms with Gasteiger partial charge in [-0.1, -0.05) is 24.0 Å². The van der Waals surface area contributed by atoms with Crippen molar-refractivity contribution in [3.8, 4) is 11.8 Å². The third-order valence-corrected chi connectivity index (χ3v) is 5.86. The Bertz CT molecular complexity index is 1430. The highest BCUT2D eigenvalue weighted by Gasteiger charge is 2.36. The van der Waals surface area contributed by atoms with Crippen LogP contribution in [0.1, 0.15) is 27.0 Å². The smallest absolute Gasteiger partial charge is 0.361 e. The molecule has 1 amide bonds. The zero-order valence-corrected chi connectivity index (χ0v) is 18.5. The van der Waals surface area contributed by atoms with E-state index in [0.29, 0.717) is 24.6 Å². The first-order valence-corrected chi connectivity index (χ1v) is 11.0. The Kier molecular flexibility index (Phi) is 5.87. The number of halogens is 3. The van der Waals surface area contributed by atoms with Crippen molar-refractivity contribution in [2.75, 3.05) is 31.1 Å². The number of nitrogens with one attached hydrogen (secondary N) is 1. The number of nitrogens with zero attached hydrogens (tertiary/aromatic N) is 4. The molecule has 0 atom stereocenters. The van der Waals surface area contributed by atoms with Gasteiger partial charge in [-0.2, -0.15) is 13.2 Å². The van der Waals surface area contributed by atoms with Gasteiger partial charge in [0.2, 0.25) is 5.95 Å². The Morgan fingerprint density at radius 2 is 1.63 bits per heavy atom. The molecular weight excluding hydrogens is 455 g/mol. The number of hydrogen-bond acceptors (Lipinski definition) is 4. The van der Waals surface area contributed by atoms with Gasteiger partial charge in [0.15, 0.2) is 0 Å². The van der Waals surface area contributed by atoms with E-state index in [1.54, 1.807) is 12.4 Å². The van der Waals surface area contributed by atoms with Gasteiger partial charge < -0.3 is 14.8 Å². The maximum atomic E-state index is 13.3. The molecule has 0 saturated carbocycles. The summed E-state index contributed by atoms with van der Waals surface area (Å²) >= 11 is 0. The lowest BCUT2D eigenvalue weighted by Gasteiger charge is -2.35. The third-order valence-electron chi connectivity index (χ3n) is 5.86. The second-order valence-corrected chi connectivity index (χ2v) is 8.12. The number of benzene rings is 2. The van der Waals surface area contributed by atoms with Crippen LogP contribution in [0.2, 0.25) is 0 Å². The Morgan fingerprint density at radius 3 is 2.37 bits per heavy atom. The van der Waals surface area contributed by atoms with E-state index in [1.807, 2.05) is 35.4 Å². The predicted molar refractivity (Wildman–Crippen MR) is 126 cm³/mol. The fourth-order valence-corrected chi connectivity index (χ4v) is 4.02. The topological polar surface area (TPSA) is 65.1 Å². The molecule has 2 aromatic carbocycles. The molecule has 1 saturated heterocycles. The summed E-state index contributed by atoms with van der Waals surface area (Å²) in [7, 11) is 0. The van der Waals surface area contributed by atoms with Crippen molar-refractivity contribution in [2.45, 2.75) is 6.18 Å². The zero-order valence-electron chi connectivity index (χ0n) is 18.5. The molecule has 1 aliphatic heterocycles. The summed E-state index contributed by atoms with van der Waals surface area (Å²) in [4.78, 5) is 28.0. The van der Waals surface area contributed by atoms with Gasteiger partial charge in [0, 0.05) is 61.2 Å². The summed E-state index contributed by atoms with van der Waals surface area (Å²) in [5, 5.41) is 1.09. The molecule has 0 unspecified atom stereocenters. The zero-order chi connectivity index (χ0) is 24.4. The maximum Gasteiger partial charge on any atom is 0.417 e. The number of alkyl halides is 3. The molecule has 0 radical (unpaired) electrons. The second kappa shape index (κ2) is 9.14. The molecule has 4 aromatic rings. The number of carbonyl (C=O) groups excluding carboxylic acids is 1. The summed E-state index contributed by atoms with van der Waals surface area (Å²) in [6, 6.07) is 12.8. The first-order chi connectivity index (χ1) is 16.9. The van der Waals surface area contributed by atoms with Crippen LogP contribution in [0, 0.1) is 11.8 Å². The summed E-state index contributed by atoms with van der Waals surface area (Å²) in [5.74, 6) is 6.04. The molecule has 35 heavy (non-hydrogen) atoms. The first-order valence-electron chi connectivity index (χ1n) is 11.0. The van der Waals surface area contributed by atoms with E-state index < -0.39 is 17.6 Å². The van der Waals surface area contributed by atoms with Crippen LogP contribution in [0.4, 0.5) is 19.1 Å². The molecule has 6 nitrogen and oxygen atoms in total. The van der Waals surface area contributed by atoms with Crippen molar-refractivity contribution in [3.63, 3.8) is 0 Å². The standard InChI is InChI=1S/C26H20F3N5O/c27-26(28,29)22-4-2-1-3-21(22)24(35)33-11-13-34(14-12-33)25-31-16-19(17-32-25)6-5-18-7-8-23-20(15-18)9-10-30-23/h1-4,7-10,15-17,30H,11-14H2. The minimum atomic E-state index is -4.58. The van der Waals surface area contributed by atoms with Gasteiger partial charge in [0.05, 0.1) is 16.7 Å². The molecule has 1 fully saturated rings. The number of hydrogen-bond donors (Lipinski definition) is 1. The van der Waals surface area contributed by atoms with Crippen LogP contribution < -0.4 is 4.90 Å². The number of aromatic nitrogens is 3. The molecule has 0 bridgehead atoms. The lowest BCUT2D eigenvalue weighted by Crippen LogP contribution is -2.49. The van der Waals surface area contributed by atoms with E-state index >= 15 is 0 Å². The number of aromatic amines is 1. The summed E-state index contributed by atoms with van der Waals surface area (Å²) in [6.07, 6.45) is 0.579. The highest BCUT2D eigenvalue weighted by Crippen LogP contribution is 2.32. The average Bonchev–Trinajstić information content (AvgIpc) is 3.35. The number of amides is 1. The van der Waals surface area contributed by atoms with Gasteiger partial charge in [0.25, 0.3) is 5.91 Å². The molecule has 5 rings (SSSR count). The van der Waals surface area contributed by atoms with Crippen molar-refractivity contribution >= 4 is 22.8 Å². The van der Waals surface area contributed by atoms with Gasteiger partial charge >= 0.3 is 6.18 Å². The minimum absolute atomic E-state index is 0.275. The van der Waals surface area contributed by atoms with Crippen molar-refractivity contribution in [2.24, 2.45) is 0 Å². The Labute approximate surface area is 199 Å². The first kappa shape index (κ1) is 22.5. The van der Waals surface area contributed by atoms with E-state index in [0.717, 1.165) is 22.5 Å². The highest BCUT2D eigenvalue weighted by atomic mass is 19.4. The largest absolute Gasteiger partial charge is 0.417 e. The van der Waals surface area contributed by atoms with Crippen LogP contribution >= 0.6 is 0 Å². The summed E-state index contributed by atoms with van der Waals surface area (Å²) in [6.45, 7) is 1.39. The van der Waals surface area contributed by atoms with Crippen LogP contribution in [-0.4, -0.2) is 51.9 Å². The average molecular weight is 475 g/mol. The monoisotopic (exact) mass is 475 g/mol. The summed E-state index contributed by atoms with van der Waals surface area (Å²) < 4.78 is 39.9. The molecule has 9 heteroatoms. The van der Waals surface area contributed by atoms with E-state index in [9.17, 15) is 18.0 Å². The van der Waals surface area contributed by atoms with Crippen LogP contribution in [-0.2, 0) is 6.18 Å². The number of carbonyl (C=O) groups is 1. The molecule has 1 aliphatic rings. The number of piperazine rings is 1. The number of H-pyrrole nitrogens is 1. The van der Waals surface area contributed by atoms with Gasteiger partial charge in [-0.25, -0.2) is 9.97 Å². The maximum absolute atomic E-state index is 13.3.